The minimum atomic E-state index is -0.235. The van der Waals surface area contributed by atoms with Gasteiger partial charge in [-0.15, -0.1) is 0 Å². The maximum absolute atomic E-state index is 13.4. The van der Waals surface area contributed by atoms with E-state index in [4.69, 9.17) is 19.6 Å². The summed E-state index contributed by atoms with van der Waals surface area (Å²) >= 11 is 0. The highest BCUT2D eigenvalue weighted by atomic mass is 16.5. The molecule has 2 aromatic heterocycles. The molecule has 3 rings (SSSR count). The molecule has 0 aliphatic heterocycles. The molecule has 35 heavy (non-hydrogen) atoms. The number of hydrogen-bond acceptors (Lipinski definition) is 6. The van der Waals surface area contributed by atoms with Crippen LogP contribution in [0.1, 0.15) is 75.9 Å². The highest BCUT2D eigenvalue weighted by Gasteiger charge is 2.25. The van der Waals surface area contributed by atoms with Gasteiger partial charge in [-0.2, -0.15) is 5.10 Å². The molecular weight excluding hydrogens is 446 g/mol. The van der Waals surface area contributed by atoms with Crippen LogP contribution in [0.3, 0.4) is 0 Å². The Morgan fingerprint density at radius 1 is 1.20 bits per heavy atom. The van der Waals surface area contributed by atoms with Crippen molar-refractivity contribution in [1.29, 1.82) is 5.41 Å². The Morgan fingerprint density at radius 3 is 2.51 bits per heavy atom. The number of nitrogens with one attached hydrogen (secondary N) is 1. The molecule has 0 atom stereocenters. The van der Waals surface area contributed by atoms with E-state index < -0.39 is 0 Å². The Labute approximate surface area is 206 Å². The molecule has 9 nitrogen and oxygen atoms in total. The molecule has 2 heterocycles. The first-order valence-electron chi connectivity index (χ1n) is 12.1. The number of carbonyl (C=O) groups is 1. The van der Waals surface area contributed by atoms with Crippen molar-refractivity contribution >= 4 is 11.4 Å². The van der Waals surface area contributed by atoms with Gasteiger partial charge >= 0.3 is 0 Å². The Hall–Kier alpha value is -3.20. The van der Waals surface area contributed by atoms with Gasteiger partial charge in [0.15, 0.2) is 12.2 Å². The molecule has 0 saturated carbocycles. The van der Waals surface area contributed by atoms with Gasteiger partial charge in [0.2, 0.25) is 11.7 Å². The lowest BCUT2D eigenvalue weighted by molar-refractivity contribution is -0.721. The highest BCUT2D eigenvalue weighted by Crippen LogP contribution is 2.36. The molecule has 0 saturated heterocycles. The van der Waals surface area contributed by atoms with Crippen molar-refractivity contribution in [1.82, 2.24) is 14.7 Å². The third-order valence-electron chi connectivity index (χ3n) is 5.85. The lowest BCUT2D eigenvalue weighted by Crippen LogP contribution is -2.43. The van der Waals surface area contributed by atoms with Crippen LogP contribution in [0.5, 0.6) is 11.6 Å². The second-order valence-corrected chi connectivity index (χ2v) is 9.53. The molecule has 9 heteroatoms. The summed E-state index contributed by atoms with van der Waals surface area (Å²) < 4.78 is 20.1. The number of ether oxygens (including phenoxy) is 3. The topological polar surface area (TPSA) is 104 Å². The zero-order valence-electron chi connectivity index (χ0n) is 21.8. The van der Waals surface area contributed by atoms with Crippen molar-refractivity contribution in [2.24, 2.45) is 0 Å². The van der Waals surface area contributed by atoms with E-state index in [-0.39, 0.29) is 29.5 Å². The lowest BCUT2D eigenvalue weighted by Gasteiger charge is -2.25. The summed E-state index contributed by atoms with van der Waals surface area (Å²) in [4.78, 5) is 13.4. The molecule has 0 spiro atoms. The monoisotopic (exact) mass is 483 g/mol. The summed E-state index contributed by atoms with van der Waals surface area (Å²) in [5, 5.41) is 16.9. The van der Waals surface area contributed by atoms with Crippen molar-refractivity contribution in [2.45, 2.75) is 79.1 Å². The van der Waals surface area contributed by atoms with Gasteiger partial charge in [0.1, 0.15) is 5.75 Å². The predicted octanol–water partition coefficient (Wildman–Crippen LogP) is 3.35. The number of carbonyl (C=O) groups excluding carboxylic acids is 1. The average Bonchev–Trinajstić information content (AvgIpc) is 3.12. The van der Waals surface area contributed by atoms with Crippen molar-refractivity contribution in [2.75, 3.05) is 13.7 Å². The SMILES string of the molecule is CCOc1c(COC)cc(C(=O)C[n+]2[n-]c(=N)n3nc(OC(CC)CC)ccc32)cc1C(C)(C)C. The molecule has 0 amide bonds. The molecule has 0 unspecified atom stereocenters. The maximum Gasteiger partial charge on any atom is 0.219 e. The number of rotatable bonds is 11. The summed E-state index contributed by atoms with van der Waals surface area (Å²) in [5.41, 5.74) is 2.57. The fraction of sp³-hybridized carbons (Fsp3) is 0.538. The van der Waals surface area contributed by atoms with Crippen LogP contribution in [0.4, 0.5) is 0 Å². The molecule has 1 N–H and O–H groups in total. The number of aromatic nitrogens is 4. The fourth-order valence-electron chi connectivity index (χ4n) is 3.98. The molecule has 3 aromatic rings. The van der Waals surface area contributed by atoms with Crippen LogP contribution in [0.25, 0.3) is 5.65 Å². The summed E-state index contributed by atoms with van der Waals surface area (Å²) in [6.07, 6.45) is 1.79. The van der Waals surface area contributed by atoms with Gasteiger partial charge in [-0.25, -0.2) is 9.78 Å². The number of hydrogen-bond donors (Lipinski definition) is 1. The minimum Gasteiger partial charge on any atom is -0.493 e. The van der Waals surface area contributed by atoms with E-state index in [9.17, 15) is 4.79 Å². The van der Waals surface area contributed by atoms with Gasteiger partial charge in [-0.05, 0) is 43.4 Å². The summed E-state index contributed by atoms with van der Waals surface area (Å²) in [7, 11) is 1.62. The van der Waals surface area contributed by atoms with E-state index in [1.165, 1.54) is 9.20 Å². The van der Waals surface area contributed by atoms with Crippen LogP contribution in [0.2, 0.25) is 0 Å². The Kier molecular flexibility index (Phi) is 8.32. The fourth-order valence-corrected chi connectivity index (χ4v) is 3.98. The first kappa shape index (κ1) is 26.4. The molecule has 0 fully saturated rings. The highest BCUT2D eigenvalue weighted by molar-refractivity contribution is 5.96. The van der Waals surface area contributed by atoms with Gasteiger partial charge in [0, 0.05) is 29.9 Å². The molecule has 1 aromatic carbocycles. The molecule has 0 aliphatic rings. The van der Waals surface area contributed by atoms with E-state index in [1.54, 1.807) is 19.2 Å². The molecule has 190 valence electrons. The second kappa shape index (κ2) is 11.0. The van der Waals surface area contributed by atoms with E-state index in [0.717, 1.165) is 29.7 Å². The standard InChI is InChI=1S/C26H37N5O4/c1-8-19(9-2)35-22-11-12-23-30(29-25(27)31(23)28-22)15-21(32)17-13-18(16-33-7)24(34-10-3)20(14-17)26(4,5)6/h11-14,19,27H,8-10,15-16H2,1-7H3. The van der Waals surface area contributed by atoms with Gasteiger partial charge in [0.25, 0.3) is 0 Å². The number of ketones is 1. The van der Waals surface area contributed by atoms with Gasteiger partial charge in [-0.1, -0.05) is 34.6 Å². The normalized spacial score (nSPS) is 11.9. The largest absolute Gasteiger partial charge is 0.493 e. The Balaban J connectivity index is 1.98. The van der Waals surface area contributed by atoms with Gasteiger partial charge in [-0.3, -0.25) is 9.31 Å². The number of Topliss-reactive ketones (excluding diaryl/α,β-unsaturated/α-hetero) is 1. The van der Waals surface area contributed by atoms with Crippen LogP contribution in [-0.2, 0) is 23.3 Å². The van der Waals surface area contributed by atoms with Crippen LogP contribution >= 0.6 is 0 Å². The summed E-state index contributed by atoms with van der Waals surface area (Å²) in [6, 6.07) is 7.25. The van der Waals surface area contributed by atoms with Crippen LogP contribution in [0, 0.1) is 5.41 Å². The number of fused-ring (bicyclic) bond motifs is 1. The molecule has 0 radical (unpaired) electrons. The maximum atomic E-state index is 13.4. The number of nitrogens with zero attached hydrogens (tertiary/aromatic N) is 4. The predicted molar refractivity (Wildman–Crippen MR) is 131 cm³/mol. The zero-order valence-corrected chi connectivity index (χ0v) is 21.8. The van der Waals surface area contributed by atoms with Crippen molar-refractivity contribution in [3.63, 3.8) is 0 Å². The summed E-state index contributed by atoms with van der Waals surface area (Å²) in [6.45, 7) is 13.2. The molecule has 0 aliphatic carbocycles. The average molecular weight is 484 g/mol. The molecular formula is C26H37N5O4. The summed E-state index contributed by atoms with van der Waals surface area (Å²) in [5.74, 6) is 1.07. The lowest BCUT2D eigenvalue weighted by atomic mass is 9.83. The van der Waals surface area contributed by atoms with Crippen LogP contribution < -0.4 is 24.9 Å². The number of benzene rings is 1. The quantitative estimate of drug-likeness (QED) is 0.331. The van der Waals surface area contributed by atoms with Crippen molar-refractivity contribution in [3.05, 3.63) is 46.6 Å². The van der Waals surface area contributed by atoms with Gasteiger partial charge in [0.05, 0.1) is 24.9 Å². The van der Waals surface area contributed by atoms with Crippen molar-refractivity contribution in [3.8, 4) is 11.6 Å². The minimum absolute atomic E-state index is 0.0270. The first-order valence-corrected chi connectivity index (χ1v) is 12.1. The Bertz CT molecular complexity index is 1230. The second-order valence-electron chi connectivity index (χ2n) is 9.53. The number of methoxy groups -OCH3 is 1. The third kappa shape index (κ3) is 5.90. The Morgan fingerprint density at radius 2 is 1.91 bits per heavy atom. The zero-order chi connectivity index (χ0) is 25.8. The van der Waals surface area contributed by atoms with E-state index in [0.29, 0.717) is 30.3 Å². The van der Waals surface area contributed by atoms with Gasteiger partial charge < -0.3 is 19.6 Å². The van der Waals surface area contributed by atoms with E-state index in [2.05, 4.69) is 44.8 Å². The van der Waals surface area contributed by atoms with E-state index >= 15 is 0 Å². The van der Waals surface area contributed by atoms with E-state index in [1.807, 2.05) is 19.1 Å². The van der Waals surface area contributed by atoms with Crippen molar-refractivity contribution < 1.29 is 23.7 Å². The molecule has 0 bridgehead atoms. The first-order chi connectivity index (χ1) is 16.6. The van der Waals surface area contributed by atoms with Crippen LogP contribution in [0.15, 0.2) is 24.3 Å². The third-order valence-corrected chi connectivity index (χ3v) is 5.85. The smallest absolute Gasteiger partial charge is 0.219 e. The van der Waals surface area contributed by atoms with Crippen LogP contribution in [-0.4, -0.2) is 35.2 Å².